The predicted molar refractivity (Wildman–Crippen MR) is 114 cm³/mol. The minimum Gasteiger partial charge on any atom is -0.466 e. The van der Waals surface area contributed by atoms with Crippen molar-refractivity contribution in [1.82, 2.24) is 5.32 Å². The van der Waals surface area contributed by atoms with Gasteiger partial charge in [0.1, 0.15) is 11.7 Å². The summed E-state index contributed by atoms with van der Waals surface area (Å²) in [4.78, 5) is 37.1. The van der Waals surface area contributed by atoms with Gasteiger partial charge in [0.05, 0.1) is 19.6 Å². The third-order valence-corrected chi connectivity index (χ3v) is 4.73. The van der Waals surface area contributed by atoms with Gasteiger partial charge in [-0.25, -0.2) is 0 Å². The second-order valence-corrected chi connectivity index (χ2v) is 6.92. The third kappa shape index (κ3) is 5.12. The van der Waals surface area contributed by atoms with Gasteiger partial charge in [0, 0.05) is 18.1 Å². The van der Waals surface area contributed by atoms with Crippen molar-refractivity contribution in [2.24, 2.45) is 0 Å². The molecular formula is C24H25NO6. The summed E-state index contributed by atoms with van der Waals surface area (Å²) in [5.74, 6) is -1.89. The fourth-order valence-electron chi connectivity index (χ4n) is 3.48. The number of fused-ring (bicyclic) bond motifs is 1. The van der Waals surface area contributed by atoms with Gasteiger partial charge < -0.3 is 14.2 Å². The number of ether oxygens (including phenoxy) is 3. The lowest BCUT2D eigenvalue weighted by Gasteiger charge is -2.29. The molecule has 1 amide bonds. The molecule has 1 N–H and O–H groups in total. The number of rotatable bonds is 7. The number of carbonyl (C=O) groups excluding carboxylic acids is 3. The van der Waals surface area contributed by atoms with Gasteiger partial charge >= 0.3 is 11.9 Å². The van der Waals surface area contributed by atoms with Crippen LogP contribution in [0, 0.1) is 0 Å². The van der Waals surface area contributed by atoms with E-state index in [1.54, 1.807) is 19.9 Å². The average molecular weight is 423 g/mol. The maximum absolute atomic E-state index is 13.0. The number of benzene rings is 2. The summed E-state index contributed by atoms with van der Waals surface area (Å²) >= 11 is 0. The lowest BCUT2D eigenvalue weighted by atomic mass is 9.85. The number of carbonyl (C=O) groups is 3. The molecule has 0 fully saturated rings. The Hall–Kier alpha value is -3.61. The maximum atomic E-state index is 13.0. The van der Waals surface area contributed by atoms with Crippen LogP contribution in [0.15, 0.2) is 60.0 Å². The molecule has 0 saturated heterocycles. The molecule has 0 aromatic heterocycles. The Bertz CT molecular complexity index is 1010. The van der Waals surface area contributed by atoms with Crippen LogP contribution < -0.4 is 10.1 Å². The van der Waals surface area contributed by atoms with E-state index < -0.39 is 17.9 Å². The van der Waals surface area contributed by atoms with Gasteiger partial charge in [0.25, 0.3) is 0 Å². The quantitative estimate of drug-likeness (QED) is 0.683. The highest BCUT2D eigenvalue weighted by molar-refractivity contribution is 5.88. The zero-order chi connectivity index (χ0) is 22.4. The van der Waals surface area contributed by atoms with E-state index in [1.807, 2.05) is 42.5 Å². The van der Waals surface area contributed by atoms with E-state index in [1.165, 1.54) is 6.92 Å². The molecule has 162 valence electrons. The van der Waals surface area contributed by atoms with Crippen molar-refractivity contribution in [3.63, 3.8) is 0 Å². The van der Waals surface area contributed by atoms with Crippen LogP contribution >= 0.6 is 0 Å². The molecule has 0 radical (unpaired) electrons. The molecular weight excluding hydrogens is 398 g/mol. The zero-order valence-corrected chi connectivity index (χ0v) is 17.8. The first-order valence-corrected chi connectivity index (χ1v) is 10.1. The Kier molecular flexibility index (Phi) is 7.07. The van der Waals surface area contributed by atoms with Crippen molar-refractivity contribution in [2.75, 3.05) is 13.2 Å². The van der Waals surface area contributed by atoms with Crippen molar-refractivity contribution in [3.05, 3.63) is 65.6 Å². The second-order valence-electron chi connectivity index (χ2n) is 6.92. The van der Waals surface area contributed by atoms with Gasteiger partial charge in [-0.05, 0) is 37.1 Å². The van der Waals surface area contributed by atoms with Gasteiger partial charge in [-0.1, -0.05) is 36.4 Å². The molecule has 1 unspecified atom stereocenters. The van der Waals surface area contributed by atoms with Crippen LogP contribution in [0.1, 0.15) is 38.7 Å². The molecule has 1 aliphatic rings. The first-order valence-electron chi connectivity index (χ1n) is 10.1. The average Bonchev–Trinajstić information content (AvgIpc) is 2.74. The summed E-state index contributed by atoms with van der Waals surface area (Å²) in [6.45, 7) is 5.10. The third-order valence-electron chi connectivity index (χ3n) is 4.73. The van der Waals surface area contributed by atoms with Gasteiger partial charge in [-0.3, -0.25) is 19.7 Å². The lowest BCUT2D eigenvalue weighted by molar-refractivity contribution is -0.145. The van der Waals surface area contributed by atoms with Crippen molar-refractivity contribution >= 4 is 17.8 Å². The van der Waals surface area contributed by atoms with Crippen molar-refractivity contribution < 1.29 is 28.6 Å². The highest BCUT2D eigenvalue weighted by Gasteiger charge is 2.38. The summed E-state index contributed by atoms with van der Waals surface area (Å²) in [6, 6.07) is 15.2. The van der Waals surface area contributed by atoms with E-state index >= 15 is 0 Å². The zero-order valence-electron chi connectivity index (χ0n) is 17.8. The standard InChI is InChI=1S/C24H25NO6/c1-4-29-21(27)14-19-22(24(28)30-5-2)18-13-17(16-9-7-6-8-10-16)11-12-20(18)31-23(19)25-15(3)26/h6-13,22H,4-5,14H2,1-3H3,(H,25,26). The Morgan fingerprint density at radius 1 is 0.968 bits per heavy atom. The van der Waals surface area contributed by atoms with Crippen LogP contribution in [0.2, 0.25) is 0 Å². The molecule has 7 heteroatoms. The Morgan fingerprint density at radius 2 is 1.68 bits per heavy atom. The van der Waals surface area contributed by atoms with Crippen LogP contribution in [0.3, 0.4) is 0 Å². The monoisotopic (exact) mass is 423 g/mol. The molecule has 0 aliphatic carbocycles. The van der Waals surface area contributed by atoms with E-state index in [4.69, 9.17) is 14.2 Å². The van der Waals surface area contributed by atoms with Crippen LogP contribution in [0.5, 0.6) is 5.75 Å². The summed E-state index contributed by atoms with van der Waals surface area (Å²) in [5.41, 5.74) is 2.71. The van der Waals surface area contributed by atoms with Crippen LogP contribution in [0.4, 0.5) is 0 Å². The Balaban J connectivity index is 2.13. The van der Waals surface area contributed by atoms with Crippen molar-refractivity contribution in [2.45, 2.75) is 33.1 Å². The molecule has 7 nitrogen and oxygen atoms in total. The smallest absolute Gasteiger partial charge is 0.317 e. The first-order chi connectivity index (χ1) is 14.9. The topological polar surface area (TPSA) is 90.9 Å². The van der Waals surface area contributed by atoms with E-state index in [0.717, 1.165) is 11.1 Å². The van der Waals surface area contributed by atoms with Crippen LogP contribution in [0.25, 0.3) is 11.1 Å². The molecule has 1 aliphatic heterocycles. The second kappa shape index (κ2) is 9.93. The van der Waals surface area contributed by atoms with Crippen LogP contribution in [-0.4, -0.2) is 31.1 Å². The van der Waals surface area contributed by atoms with E-state index in [9.17, 15) is 14.4 Å². The largest absolute Gasteiger partial charge is 0.466 e. The SMILES string of the molecule is CCOC(=O)CC1=C(NC(C)=O)Oc2ccc(-c3ccccc3)cc2C1C(=O)OCC. The minimum absolute atomic E-state index is 0.0542. The van der Waals surface area contributed by atoms with E-state index in [2.05, 4.69) is 5.32 Å². The highest BCUT2D eigenvalue weighted by atomic mass is 16.5. The number of nitrogens with one attached hydrogen (secondary N) is 1. The Morgan fingerprint density at radius 3 is 2.32 bits per heavy atom. The van der Waals surface area contributed by atoms with E-state index in [-0.39, 0.29) is 31.4 Å². The normalized spacial score (nSPS) is 14.9. The van der Waals surface area contributed by atoms with Gasteiger partial charge in [0.2, 0.25) is 11.8 Å². The summed E-state index contributed by atoms with van der Waals surface area (Å²) < 4.78 is 16.3. The fraction of sp³-hybridized carbons (Fsp3) is 0.292. The molecule has 3 rings (SSSR count). The van der Waals surface area contributed by atoms with Crippen molar-refractivity contribution in [3.8, 4) is 16.9 Å². The maximum Gasteiger partial charge on any atom is 0.317 e. The number of esters is 2. The Labute approximate surface area is 181 Å². The highest BCUT2D eigenvalue weighted by Crippen LogP contribution is 2.42. The number of hydrogen-bond donors (Lipinski definition) is 1. The molecule has 0 saturated carbocycles. The molecule has 0 spiro atoms. The molecule has 1 atom stereocenters. The van der Waals surface area contributed by atoms with Gasteiger partial charge in [-0.2, -0.15) is 0 Å². The lowest BCUT2D eigenvalue weighted by Crippen LogP contribution is -2.33. The number of hydrogen-bond acceptors (Lipinski definition) is 6. The molecule has 0 bridgehead atoms. The minimum atomic E-state index is -0.918. The van der Waals surface area contributed by atoms with Gasteiger partial charge in [-0.15, -0.1) is 0 Å². The van der Waals surface area contributed by atoms with Crippen LogP contribution in [-0.2, 0) is 23.9 Å². The summed E-state index contributed by atoms with van der Waals surface area (Å²) in [6.07, 6.45) is -0.220. The van der Waals surface area contributed by atoms with E-state index in [0.29, 0.717) is 16.9 Å². The fourth-order valence-corrected chi connectivity index (χ4v) is 3.48. The molecule has 1 heterocycles. The number of amides is 1. The molecule has 2 aromatic rings. The molecule has 2 aromatic carbocycles. The van der Waals surface area contributed by atoms with Crippen molar-refractivity contribution in [1.29, 1.82) is 0 Å². The summed E-state index contributed by atoms with van der Waals surface area (Å²) in [5, 5.41) is 2.60. The summed E-state index contributed by atoms with van der Waals surface area (Å²) in [7, 11) is 0. The van der Waals surface area contributed by atoms with Gasteiger partial charge in [0.15, 0.2) is 0 Å². The predicted octanol–water partition coefficient (Wildman–Crippen LogP) is 3.69. The first kappa shape index (κ1) is 22.1. The molecule has 31 heavy (non-hydrogen) atoms.